The molecule has 1 aliphatic rings. The van der Waals surface area contributed by atoms with E-state index in [4.69, 9.17) is 23.9 Å². The first kappa shape index (κ1) is 32.0. The third-order valence-corrected chi connectivity index (χ3v) is 10.6. The molecule has 0 spiro atoms. The molecule has 1 aliphatic heterocycles. The standard InChI is InChI=1S/C18H21O3P.C13H18N.2ClH.Ru/c1-5-20-22(19,16-9-7-6-8-10-16)17-11-12-18(15(4)13-17)21-14(2)3;1-10-8-11(2)13(12(3)9-10)14-6-4-5-7-14;;;/h4,6-14H,5H2,1-3H3;6,8-9H,4-5,7H2,1-3H3;2*1H;/q;-1;;;+2/p-1. The molecule has 1 heterocycles. The van der Waals surface area contributed by atoms with Crippen molar-refractivity contribution in [3.8, 4) is 5.75 Å². The summed E-state index contributed by atoms with van der Waals surface area (Å²) in [4.78, 5) is 2.41. The Labute approximate surface area is 247 Å². The summed E-state index contributed by atoms with van der Waals surface area (Å²) >= 11 is -2.05. The van der Waals surface area contributed by atoms with Crippen LogP contribution in [0.5, 0.6) is 5.75 Å². The zero-order valence-corrected chi connectivity index (χ0v) is 27.7. The molecule has 39 heavy (non-hydrogen) atoms. The summed E-state index contributed by atoms with van der Waals surface area (Å²) in [5.41, 5.74) is 6.41. The van der Waals surface area contributed by atoms with E-state index < -0.39 is 20.9 Å². The average Bonchev–Trinajstić information content (AvgIpc) is 3.39. The van der Waals surface area contributed by atoms with E-state index in [0.29, 0.717) is 17.2 Å². The monoisotopic (exact) mass is 677 g/mol. The molecule has 3 aromatic rings. The number of aryl methyl sites for hydroxylation is 3. The number of aromatic hydroxyl groups is 1. The van der Waals surface area contributed by atoms with E-state index in [1.807, 2.05) is 73.9 Å². The molecule has 0 saturated carbocycles. The molecule has 1 atom stereocenters. The van der Waals surface area contributed by atoms with Crippen LogP contribution in [0.15, 0.2) is 60.7 Å². The van der Waals surface area contributed by atoms with Crippen molar-refractivity contribution in [3.05, 3.63) is 89.5 Å². The van der Waals surface area contributed by atoms with Gasteiger partial charge in [-0.05, 0) is 38.4 Å². The maximum atomic E-state index is 13.7. The predicted octanol–water partition coefficient (Wildman–Crippen LogP) is 8.05. The van der Waals surface area contributed by atoms with Crippen LogP contribution in [0.1, 0.15) is 55.9 Å². The van der Waals surface area contributed by atoms with Crippen LogP contribution in [0, 0.1) is 27.3 Å². The number of ether oxygens (including phenoxy) is 1. The maximum Gasteiger partial charge on any atom is 0.0130 e. The molecule has 1 unspecified atom stereocenters. The van der Waals surface area contributed by atoms with Gasteiger partial charge in [-0.15, -0.1) is 0 Å². The van der Waals surface area contributed by atoms with Crippen molar-refractivity contribution in [3.63, 3.8) is 0 Å². The first-order valence-electron chi connectivity index (χ1n) is 13.2. The number of nitrogens with zero attached hydrogens (tertiary/aromatic N) is 1. The summed E-state index contributed by atoms with van der Waals surface area (Å²) in [6, 6.07) is 19.3. The molecular formula is C31H40Cl2NO3PRu. The van der Waals surface area contributed by atoms with Crippen molar-refractivity contribution in [2.75, 3.05) is 18.1 Å². The topological polar surface area (TPSA) is 42.3 Å². The van der Waals surface area contributed by atoms with E-state index in [9.17, 15) is 4.57 Å². The number of hydrogen-bond donors (Lipinski definition) is 0. The van der Waals surface area contributed by atoms with Crippen LogP contribution >= 0.6 is 26.8 Å². The average molecular weight is 678 g/mol. The Kier molecular flexibility index (Phi) is 12.3. The third kappa shape index (κ3) is 8.75. The van der Waals surface area contributed by atoms with Gasteiger partial charge in [0.15, 0.2) is 0 Å². The van der Waals surface area contributed by atoms with Crippen LogP contribution in [0.25, 0.3) is 0 Å². The van der Waals surface area contributed by atoms with Gasteiger partial charge in [-0.3, -0.25) is 0 Å². The molecular weight excluding hydrogens is 637 g/mol. The van der Waals surface area contributed by atoms with Gasteiger partial charge in [-0.1, -0.05) is 24.1 Å². The van der Waals surface area contributed by atoms with Gasteiger partial charge < -0.3 is 4.90 Å². The van der Waals surface area contributed by atoms with E-state index in [-0.39, 0.29) is 6.10 Å². The Balaban J connectivity index is 0.000000252. The molecule has 8 heteroatoms. The van der Waals surface area contributed by atoms with E-state index in [1.54, 1.807) is 0 Å². The summed E-state index contributed by atoms with van der Waals surface area (Å²) in [7, 11) is 8.97. The van der Waals surface area contributed by atoms with Crippen LogP contribution in [0.3, 0.4) is 0 Å². The maximum absolute atomic E-state index is 13.7. The second-order valence-corrected chi connectivity index (χ2v) is 18.0. The zero-order chi connectivity index (χ0) is 28.6. The van der Waals surface area contributed by atoms with Crippen LogP contribution in [-0.2, 0) is 22.6 Å². The molecule has 3 aromatic carbocycles. The fourth-order valence-electron chi connectivity index (χ4n) is 4.82. The summed E-state index contributed by atoms with van der Waals surface area (Å²) in [6.07, 6.45) is 2.66. The first-order chi connectivity index (χ1) is 18.5. The molecule has 0 radical (unpaired) electrons. The van der Waals surface area contributed by atoms with E-state index in [0.717, 1.165) is 11.3 Å². The van der Waals surface area contributed by atoms with E-state index in [2.05, 4.69) is 49.1 Å². The van der Waals surface area contributed by atoms with Crippen LogP contribution < -0.4 is 15.5 Å². The predicted molar refractivity (Wildman–Crippen MR) is 167 cm³/mol. The smallest absolute Gasteiger partial charge is 0.0130 e. The van der Waals surface area contributed by atoms with Crippen LogP contribution in [-0.4, -0.2) is 28.6 Å². The Morgan fingerprint density at radius 1 is 1.05 bits per heavy atom. The van der Waals surface area contributed by atoms with Gasteiger partial charge in [0.1, 0.15) is 0 Å². The SMILES string of the molecule is CCOP(=O)(c1ccccc1)c1ccc([OH+]C(C)C)c([CH]=[Ru]([Cl])[Cl])c1.Cc1cc(C)c(N2[CH-]CCC2)c(C)c1. The fourth-order valence-corrected chi connectivity index (χ4v) is 8.72. The van der Waals surface area contributed by atoms with Crippen LogP contribution in [0.4, 0.5) is 5.69 Å². The summed E-state index contributed by atoms with van der Waals surface area (Å²) < 4.78 is 25.8. The Hall–Kier alpha value is -1.48. The number of rotatable bonds is 8. The van der Waals surface area contributed by atoms with Gasteiger partial charge in [0.05, 0.1) is 0 Å². The number of anilines is 1. The Bertz CT molecular complexity index is 1300. The van der Waals surface area contributed by atoms with Crippen molar-refractivity contribution in [2.24, 2.45) is 0 Å². The second kappa shape index (κ2) is 15.0. The quantitative estimate of drug-likeness (QED) is 0.105. The minimum Gasteiger partial charge on any atom is -0.522 e. The minimum absolute atomic E-state index is 0.136. The molecule has 1 fully saturated rings. The summed E-state index contributed by atoms with van der Waals surface area (Å²) in [6.45, 7) is 16.3. The molecule has 0 aromatic heterocycles. The van der Waals surface area contributed by atoms with Crippen molar-refractivity contribution in [1.29, 1.82) is 0 Å². The molecule has 1 N–H and O–H groups in total. The van der Waals surface area contributed by atoms with Gasteiger partial charge in [0.2, 0.25) is 0 Å². The number of benzene rings is 3. The second-order valence-electron chi connectivity index (χ2n) is 9.84. The minimum atomic E-state index is -3.18. The Morgan fingerprint density at radius 3 is 2.26 bits per heavy atom. The van der Waals surface area contributed by atoms with Crippen LogP contribution in [0.2, 0.25) is 0 Å². The van der Waals surface area contributed by atoms with Crippen molar-refractivity contribution < 1.29 is 27.3 Å². The van der Waals surface area contributed by atoms with Crippen molar-refractivity contribution >= 4 is 47.7 Å². The summed E-state index contributed by atoms with van der Waals surface area (Å²) in [5, 5.41) is 1.29. The van der Waals surface area contributed by atoms with Gasteiger partial charge >= 0.3 is 163 Å². The van der Waals surface area contributed by atoms with Crippen molar-refractivity contribution in [1.82, 2.24) is 0 Å². The number of halogens is 2. The third-order valence-electron chi connectivity index (χ3n) is 6.22. The number of hydrogen-bond acceptors (Lipinski definition) is 3. The van der Waals surface area contributed by atoms with E-state index >= 15 is 0 Å². The molecule has 1 saturated heterocycles. The van der Waals surface area contributed by atoms with E-state index in [1.165, 1.54) is 41.8 Å². The van der Waals surface area contributed by atoms with Gasteiger partial charge in [0.25, 0.3) is 0 Å². The van der Waals surface area contributed by atoms with Gasteiger partial charge in [0, 0.05) is 5.69 Å². The fraction of sp³-hybridized carbons (Fsp3) is 0.355. The van der Waals surface area contributed by atoms with Gasteiger partial charge in [-0.2, -0.15) is 6.42 Å². The molecule has 0 aliphatic carbocycles. The first-order valence-corrected chi connectivity index (χ1v) is 20.3. The van der Waals surface area contributed by atoms with Crippen molar-refractivity contribution in [2.45, 2.75) is 60.5 Å². The summed E-state index contributed by atoms with van der Waals surface area (Å²) in [5.74, 6) is 0.801. The number of aliphatic hydroxyl groups is 1. The molecule has 0 bridgehead atoms. The van der Waals surface area contributed by atoms with Gasteiger partial charge in [-0.25, -0.2) is 6.54 Å². The largest absolute Gasteiger partial charge is 0.522 e. The molecule has 214 valence electrons. The normalized spacial score (nSPS) is 14.9. The molecule has 4 nitrogen and oxygen atoms in total. The zero-order valence-electron chi connectivity index (χ0n) is 23.6. The Morgan fingerprint density at radius 2 is 1.72 bits per heavy atom. The molecule has 0 amide bonds. The molecule has 4 rings (SSSR count).